The Morgan fingerprint density at radius 1 is 1.04 bits per heavy atom. The topological polar surface area (TPSA) is 74.9 Å². The summed E-state index contributed by atoms with van der Waals surface area (Å²) in [5.41, 5.74) is 0.225. The molecule has 1 aliphatic carbocycles. The molecule has 4 fully saturated rings. The lowest BCUT2D eigenvalue weighted by atomic mass is 9.71. The van der Waals surface area contributed by atoms with Crippen molar-refractivity contribution in [3.05, 3.63) is 5.89 Å². The van der Waals surface area contributed by atoms with Gasteiger partial charge in [0, 0.05) is 51.4 Å². The van der Waals surface area contributed by atoms with Gasteiger partial charge >= 0.3 is 6.01 Å². The van der Waals surface area contributed by atoms with Crippen molar-refractivity contribution in [3.8, 4) is 0 Å². The first-order valence-corrected chi connectivity index (χ1v) is 10.8. The van der Waals surface area contributed by atoms with E-state index in [-0.39, 0.29) is 11.5 Å². The number of β-amino-alcohol motifs (C(OH)–C–C–N with tert-alkyl or cyclic N) is 1. The molecule has 0 radical (unpaired) electrons. The summed E-state index contributed by atoms with van der Waals surface area (Å²) in [6.45, 7) is 5.54. The van der Waals surface area contributed by atoms with E-state index in [1.165, 1.54) is 19.3 Å². The maximum Gasteiger partial charge on any atom is 0.318 e. The van der Waals surface area contributed by atoms with Crippen molar-refractivity contribution in [2.24, 2.45) is 5.41 Å². The second-order valence-electron chi connectivity index (χ2n) is 9.17. The van der Waals surface area contributed by atoms with Gasteiger partial charge in [0.05, 0.1) is 6.10 Å². The minimum atomic E-state index is -0.207. The number of hydrogen-bond acceptors (Lipinski definition) is 7. The average molecular weight is 377 g/mol. The van der Waals surface area contributed by atoms with Gasteiger partial charge in [-0.2, -0.15) is 0 Å². The summed E-state index contributed by atoms with van der Waals surface area (Å²) in [4.78, 5) is 4.80. The number of nitrogens with zero attached hydrogens (tertiary/aromatic N) is 4. The fourth-order valence-corrected chi connectivity index (χ4v) is 5.43. The number of aromatic nitrogens is 2. The Labute approximate surface area is 161 Å². The number of anilines is 1. The fourth-order valence-electron chi connectivity index (χ4n) is 5.43. The molecule has 0 amide bonds. The van der Waals surface area contributed by atoms with Crippen molar-refractivity contribution in [1.82, 2.24) is 15.1 Å². The van der Waals surface area contributed by atoms with Gasteiger partial charge in [0.2, 0.25) is 5.89 Å². The minimum Gasteiger partial charge on any atom is -0.408 e. The first-order chi connectivity index (χ1) is 13.2. The Bertz CT molecular complexity index is 633. The molecule has 1 N–H and O–H groups in total. The number of aliphatic hydroxyl groups excluding tert-OH is 1. The van der Waals surface area contributed by atoms with Crippen molar-refractivity contribution in [3.63, 3.8) is 0 Å². The van der Waals surface area contributed by atoms with Gasteiger partial charge in [-0.3, -0.25) is 4.90 Å². The first-order valence-electron chi connectivity index (χ1n) is 10.8. The lowest BCUT2D eigenvalue weighted by molar-refractivity contribution is -0.0603. The smallest absolute Gasteiger partial charge is 0.318 e. The highest BCUT2D eigenvalue weighted by Gasteiger charge is 2.44. The van der Waals surface area contributed by atoms with Gasteiger partial charge in [-0.05, 0) is 50.4 Å². The third-order valence-corrected chi connectivity index (χ3v) is 7.34. The summed E-state index contributed by atoms with van der Waals surface area (Å²) < 4.78 is 11.5. The average Bonchev–Trinajstić information content (AvgIpc) is 3.10. The molecule has 0 bridgehead atoms. The van der Waals surface area contributed by atoms with Crippen molar-refractivity contribution in [2.45, 2.75) is 69.4 Å². The van der Waals surface area contributed by atoms with Gasteiger partial charge in [0.15, 0.2) is 0 Å². The molecular weight excluding hydrogens is 344 g/mol. The zero-order chi connectivity index (χ0) is 18.3. The largest absolute Gasteiger partial charge is 0.408 e. The molecule has 1 saturated carbocycles. The summed E-state index contributed by atoms with van der Waals surface area (Å²) in [6.07, 6.45) is 8.74. The van der Waals surface area contributed by atoms with Crippen molar-refractivity contribution < 1.29 is 14.3 Å². The predicted octanol–water partition coefficient (Wildman–Crippen LogP) is 2.17. The lowest BCUT2D eigenvalue weighted by Crippen LogP contribution is -2.57. The van der Waals surface area contributed by atoms with Gasteiger partial charge in [0.1, 0.15) is 0 Å². The fraction of sp³-hybridized carbons (Fsp3) is 0.900. The highest BCUT2D eigenvalue weighted by molar-refractivity contribution is 5.26. The monoisotopic (exact) mass is 376 g/mol. The van der Waals surface area contributed by atoms with E-state index in [4.69, 9.17) is 9.15 Å². The van der Waals surface area contributed by atoms with Crippen LogP contribution >= 0.6 is 0 Å². The first kappa shape index (κ1) is 17.9. The van der Waals surface area contributed by atoms with Crippen LogP contribution in [0.3, 0.4) is 0 Å². The maximum absolute atomic E-state index is 10.6. The molecule has 1 spiro atoms. The standard InChI is InChI=1S/C20H32N4O3/c25-17-12-20(14-24(13-17)16-4-10-26-11-5-16)6-8-23(9-7-20)19-22-21-18(27-19)15-2-1-3-15/h15-17,25H,1-14H2. The normalized spacial score (nSPS) is 30.6. The summed E-state index contributed by atoms with van der Waals surface area (Å²) in [5.74, 6) is 1.32. The lowest BCUT2D eigenvalue weighted by Gasteiger charge is -2.51. The van der Waals surface area contributed by atoms with Crippen LogP contribution in [0.1, 0.15) is 63.2 Å². The zero-order valence-electron chi connectivity index (χ0n) is 16.2. The minimum absolute atomic E-state index is 0.207. The molecule has 1 aromatic rings. The van der Waals surface area contributed by atoms with E-state index in [0.717, 1.165) is 77.4 Å². The van der Waals surface area contributed by atoms with Crippen molar-refractivity contribution in [2.75, 3.05) is 44.3 Å². The van der Waals surface area contributed by atoms with Crippen LogP contribution < -0.4 is 4.90 Å². The van der Waals surface area contributed by atoms with Gasteiger partial charge in [-0.1, -0.05) is 11.5 Å². The van der Waals surface area contributed by atoms with Crippen LogP contribution in [-0.4, -0.2) is 71.7 Å². The predicted molar refractivity (Wildman–Crippen MR) is 101 cm³/mol. The molecule has 7 heteroatoms. The Kier molecular flexibility index (Phi) is 4.86. The molecule has 4 aliphatic rings. The van der Waals surface area contributed by atoms with Crippen LogP contribution in [0, 0.1) is 5.41 Å². The highest BCUT2D eigenvalue weighted by atomic mass is 16.5. The summed E-state index contributed by atoms with van der Waals surface area (Å²) in [6, 6.07) is 1.27. The van der Waals surface area contributed by atoms with E-state index in [9.17, 15) is 5.11 Å². The molecule has 4 heterocycles. The van der Waals surface area contributed by atoms with Gasteiger partial charge in [-0.15, -0.1) is 5.10 Å². The third-order valence-electron chi connectivity index (χ3n) is 7.34. The van der Waals surface area contributed by atoms with Crippen LogP contribution in [0.4, 0.5) is 6.01 Å². The summed E-state index contributed by atoms with van der Waals surface area (Å²) >= 11 is 0. The SMILES string of the molecule is OC1CN(C2CCOCC2)CC2(CCN(c3nnc(C4CCC4)o3)CC2)C1. The highest BCUT2D eigenvalue weighted by Crippen LogP contribution is 2.42. The molecule has 1 unspecified atom stereocenters. The van der Waals surface area contributed by atoms with Crippen LogP contribution in [0.25, 0.3) is 0 Å². The molecule has 3 saturated heterocycles. The number of likely N-dealkylation sites (tertiary alicyclic amines) is 1. The van der Waals surface area contributed by atoms with Crippen LogP contribution in [-0.2, 0) is 4.74 Å². The molecule has 3 aliphatic heterocycles. The van der Waals surface area contributed by atoms with Crippen LogP contribution in [0.2, 0.25) is 0 Å². The van der Waals surface area contributed by atoms with Crippen LogP contribution in [0.5, 0.6) is 0 Å². The second kappa shape index (κ2) is 7.33. The van der Waals surface area contributed by atoms with Gasteiger partial charge in [-0.25, -0.2) is 0 Å². The maximum atomic E-state index is 10.6. The Morgan fingerprint density at radius 2 is 1.81 bits per heavy atom. The third kappa shape index (κ3) is 3.61. The number of ether oxygens (including phenoxy) is 1. The van der Waals surface area contributed by atoms with E-state index in [1.807, 2.05) is 0 Å². The van der Waals surface area contributed by atoms with Gasteiger partial charge < -0.3 is 19.2 Å². The van der Waals surface area contributed by atoms with Crippen molar-refractivity contribution >= 4 is 6.01 Å². The molecule has 7 nitrogen and oxygen atoms in total. The van der Waals surface area contributed by atoms with Crippen LogP contribution in [0.15, 0.2) is 4.42 Å². The molecule has 27 heavy (non-hydrogen) atoms. The number of rotatable bonds is 3. The molecule has 1 atom stereocenters. The molecule has 150 valence electrons. The number of aliphatic hydroxyl groups is 1. The molecule has 5 rings (SSSR count). The van der Waals surface area contributed by atoms with E-state index in [0.29, 0.717) is 18.0 Å². The molecule has 1 aromatic heterocycles. The summed E-state index contributed by atoms with van der Waals surface area (Å²) in [7, 11) is 0. The second-order valence-corrected chi connectivity index (χ2v) is 9.17. The Morgan fingerprint density at radius 3 is 2.52 bits per heavy atom. The summed E-state index contributed by atoms with van der Waals surface area (Å²) in [5, 5.41) is 19.2. The molecular formula is C20H32N4O3. The zero-order valence-corrected chi connectivity index (χ0v) is 16.2. The number of piperidine rings is 2. The Balaban J connectivity index is 1.22. The number of hydrogen-bond donors (Lipinski definition) is 1. The van der Waals surface area contributed by atoms with E-state index < -0.39 is 0 Å². The van der Waals surface area contributed by atoms with E-state index in [1.54, 1.807) is 0 Å². The Hall–Kier alpha value is -1.18. The molecule has 0 aromatic carbocycles. The van der Waals surface area contributed by atoms with Gasteiger partial charge in [0.25, 0.3) is 0 Å². The quantitative estimate of drug-likeness (QED) is 0.866. The van der Waals surface area contributed by atoms with E-state index in [2.05, 4.69) is 20.0 Å². The van der Waals surface area contributed by atoms with Crippen molar-refractivity contribution in [1.29, 1.82) is 0 Å². The van der Waals surface area contributed by atoms with E-state index >= 15 is 0 Å².